The van der Waals surface area contributed by atoms with Crippen molar-refractivity contribution in [2.75, 3.05) is 6.61 Å². The van der Waals surface area contributed by atoms with Gasteiger partial charge in [0.25, 0.3) is 5.56 Å². The van der Waals surface area contributed by atoms with E-state index in [1.54, 1.807) is 7.05 Å². The van der Waals surface area contributed by atoms with Crippen LogP contribution >= 0.6 is 0 Å². The number of hydrogen-bond donors (Lipinski definition) is 0. The minimum absolute atomic E-state index is 0.271. The van der Waals surface area contributed by atoms with Gasteiger partial charge in [0.15, 0.2) is 0 Å². The number of nitriles is 1. The quantitative estimate of drug-likeness (QED) is 0.837. The van der Waals surface area contributed by atoms with Crippen LogP contribution in [0.3, 0.4) is 0 Å². The van der Waals surface area contributed by atoms with E-state index in [9.17, 15) is 4.79 Å². The van der Waals surface area contributed by atoms with Gasteiger partial charge in [-0.15, -0.1) is 0 Å². The lowest BCUT2D eigenvalue weighted by atomic mass is 10.1. The summed E-state index contributed by atoms with van der Waals surface area (Å²) in [7, 11) is 1.56. The monoisotopic (exact) mass is 255 g/mol. The Labute approximate surface area is 110 Å². The van der Waals surface area contributed by atoms with Gasteiger partial charge in [-0.3, -0.25) is 4.79 Å². The number of benzene rings is 1. The van der Waals surface area contributed by atoms with Crippen molar-refractivity contribution in [3.63, 3.8) is 0 Å². The van der Waals surface area contributed by atoms with Gasteiger partial charge in [0.2, 0.25) is 0 Å². The van der Waals surface area contributed by atoms with Crippen LogP contribution in [-0.4, -0.2) is 16.4 Å². The molecule has 0 N–H and O–H groups in total. The summed E-state index contributed by atoms with van der Waals surface area (Å²) in [6, 6.07) is 10.5. The fourth-order valence-corrected chi connectivity index (χ4v) is 1.71. The molecule has 5 nitrogen and oxygen atoms in total. The lowest BCUT2D eigenvalue weighted by Gasteiger charge is -2.07. The summed E-state index contributed by atoms with van der Waals surface area (Å²) < 4.78 is 6.57. The SMILES string of the molecule is CCOc1ccc(-c2nn(C)c(=O)cc2C#N)cc1. The van der Waals surface area contributed by atoms with Crippen molar-refractivity contribution in [2.45, 2.75) is 6.92 Å². The van der Waals surface area contributed by atoms with Gasteiger partial charge >= 0.3 is 0 Å². The van der Waals surface area contributed by atoms with Crippen molar-refractivity contribution in [3.05, 3.63) is 46.2 Å². The molecule has 1 aromatic carbocycles. The third-order valence-electron chi connectivity index (χ3n) is 2.65. The highest BCUT2D eigenvalue weighted by atomic mass is 16.5. The normalized spacial score (nSPS) is 9.95. The van der Waals surface area contributed by atoms with E-state index in [-0.39, 0.29) is 11.1 Å². The van der Waals surface area contributed by atoms with E-state index in [2.05, 4.69) is 5.10 Å². The molecule has 2 rings (SSSR count). The smallest absolute Gasteiger partial charge is 0.267 e. The molecule has 0 aliphatic heterocycles. The molecule has 0 saturated carbocycles. The third kappa shape index (κ3) is 2.63. The zero-order valence-corrected chi connectivity index (χ0v) is 10.8. The van der Waals surface area contributed by atoms with Crippen LogP contribution < -0.4 is 10.3 Å². The summed E-state index contributed by atoms with van der Waals surface area (Å²) in [5.74, 6) is 0.759. The fourth-order valence-electron chi connectivity index (χ4n) is 1.71. The minimum Gasteiger partial charge on any atom is -0.494 e. The molecule has 1 aromatic heterocycles. The standard InChI is InChI=1S/C14H13N3O2/c1-3-19-12-6-4-10(5-7-12)14-11(9-15)8-13(18)17(2)16-14/h4-8H,3H2,1-2H3. The molecule has 0 fully saturated rings. The highest BCUT2D eigenvalue weighted by Gasteiger charge is 2.09. The number of hydrogen-bond acceptors (Lipinski definition) is 4. The molecule has 0 spiro atoms. The van der Waals surface area contributed by atoms with Crippen molar-refractivity contribution < 1.29 is 4.74 Å². The van der Waals surface area contributed by atoms with E-state index < -0.39 is 0 Å². The van der Waals surface area contributed by atoms with E-state index in [0.29, 0.717) is 12.3 Å². The van der Waals surface area contributed by atoms with E-state index in [0.717, 1.165) is 11.3 Å². The molecule has 19 heavy (non-hydrogen) atoms. The third-order valence-corrected chi connectivity index (χ3v) is 2.65. The summed E-state index contributed by atoms with van der Waals surface area (Å²) in [5.41, 5.74) is 1.24. The Morgan fingerprint density at radius 2 is 2.05 bits per heavy atom. The summed E-state index contributed by atoms with van der Waals surface area (Å²) in [4.78, 5) is 11.5. The Morgan fingerprint density at radius 1 is 1.37 bits per heavy atom. The van der Waals surface area contributed by atoms with Crippen LogP contribution in [0.1, 0.15) is 12.5 Å². The lowest BCUT2D eigenvalue weighted by Crippen LogP contribution is -2.20. The topological polar surface area (TPSA) is 67.9 Å². The Morgan fingerprint density at radius 3 is 2.63 bits per heavy atom. The number of aromatic nitrogens is 2. The summed E-state index contributed by atoms with van der Waals surface area (Å²) in [5, 5.41) is 13.2. The molecule has 1 heterocycles. The van der Waals surface area contributed by atoms with Gasteiger partial charge in [-0.2, -0.15) is 10.4 Å². The maximum Gasteiger partial charge on any atom is 0.267 e. The van der Waals surface area contributed by atoms with E-state index in [1.807, 2.05) is 37.3 Å². The maximum atomic E-state index is 11.5. The molecule has 0 amide bonds. The van der Waals surface area contributed by atoms with Gasteiger partial charge in [-0.05, 0) is 31.2 Å². The van der Waals surface area contributed by atoms with E-state index >= 15 is 0 Å². The molecule has 5 heteroatoms. The predicted octanol–water partition coefficient (Wildman–Crippen LogP) is 1.72. The zero-order chi connectivity index (χ0) is 13.8. The second-order valence-electron chi connectivity index (χ2n) is 3.94. The summed E-state index contributed by atoms with van der Waals surface area (Å²) in [6.45, 7) is 2.51. The second-order valence-corrected chi connectivity index (χ2v) is 3.94. The largest absolute Gasteiger partial charge is 0.494 e. The number of rotatable bonds is 3. The zero-order valence-electron chi connectivity index (χ0n) is 10.8. The minimum atomic E-state index is -0.300. The first-order chi connectivity index (χ1) is 9.15. The van der Waals surface area contributed by atoms with Crippen LogP contribution in [0.25, 0.3) is 11.3 Å². The van der Waals surface area contributed by atoms with Crippen molar-refractivity contribution in [1.82, 2.24) is 9.78 Å². The molecule has 0 bridgehead atoms. The van der Waals surface area contributed by atoms with E-state index in [4.69, 9.17) is 10.00 Å². The molecule has 0 atom stereocenters. The van der Waals surface area contributed by atoms with Crippen molar-refractivity contribution in [1.29, 1.82) is 5.26 Å². The molecular formula is C14H13N3O2. The number of ether oxygens (including phenoxy) is 1. The van der Waals surface area contributed by atoms with Gasteiger partial charge in [-0.1, -0.05) is 0 Å². The molecular weight excluding hydrogens is 242 g/mol. The first-order valence-electron chi connectivity index (χ1n) is 5.87. The molecule has 0 unspecified atom stereocenters. The highest BCUT2D eigenvalue weighted by Crippen LogP contribution is 2.22. The molecule has 2 aromatic rings. The van der Waals surface area contributed by atoms with Gasteiger partial charge in [0.1, 0.15) is 17.5 Å². The van der Waals surface area contributed by atoms with Crippen LogP contribution in [-0.2, 0) is 7.05 Å². The molecule has 96 valence electrons. The first-order valence-corrected chi connectivity index (χ1v) is 5.87. The van der Waals surface area contributed by atoms with Crippen molar-refractivity contribution >= 4 is 0 Å². The number of aryl methyl sites for hydroxylation is 1. The first kappa shape index (κ1) is 12.8. The second kappa shape index (κ2) is 5.36. The van der Waals surface area contributed by atoms with E-state index in [1.165, 1.54) is 10.7 Å². The Bertz CT molecular complexity index is 681. The molecule has 0 radical (unpaired) electrons. The molecule has 0 aliphatic carbocycles. The fraction of sp³-hybridized carbons (Fsp3) is 0.214. The van der Waals surface area contributed by atoms with Crippen LogP contribution in [0, 0.1) is 11.3 Å². The van der Waals surface area contributed by atoms with Gasteiger partial charge in [0, 0.05) is 18.7 Å². The highest BCUT2D eigenvalue weighted by molar-refractivity contribution is 5.66. The summed E-state index contributed by atoms with van der Waals surface area (Å²) in [6.07, 6.45) is 0. The van der Waals surface area contributed by atoms with Crippen LogP contribution in [0.15, 0.2) is 35.1 Å². The van der Waals surface area contributed by atoms with Crippen molar-refractivity contribution in [3.8, 4) is 23.1 Å². The maximum absolute atomic E-state index is 11.5. The van der Waals surface area contributed by atoms with Crippen LogP contribution in [0.4, 0.5) is 0 Å². The predicted molar refractivity (Wildman–Crippen MR) is 70.8 cm³/mol. The van der Waals surface area contributed by atoms with Crippen LogP contribution in [0.5, 0.6) is 5.75 Å². The van der Waals surface area contributed by atoms with Crippen LogP contribution in [0.2, 0.25) is 0 Å². The average molecular weight is 255 g/mol. The Kier molecular flexibility index (Phi) is 3.62. The van der Waals surface area contributed by atoms with Gasteiger partial charge in [0.05, 0.1) is 12.2 Å². The van der Waals surface area contributed by atoms with Gasteiger partial charge < -0.3 is 4.74 Å². The molecule has 0 aliphatic rings. The lowest BCUT2D eigenvalue weighted by molar-refractivity contribution is 0.340. The molecule has 0 saturated heterocycles. The Balaban J connectivity index is 2.49. The van der Waals surface area contributed by atoms with Gasteiger partial charge in [-0.25, -0.2) is 4.68 Å². The summed E-state index contributed by atoms with van der Waals surface area (Å²) >= 11 is 0. The number of nitrogens with zero attached hydrogens (tertiary/aromatic N) is 3. The Hall–Kier alpha value is -2.61. The average Bonchev–Trinajstić information content (AvgIpc) is 2.43. The van der Waals surface area contributed by atoms with Crippen molar-refractivity contribution in [2.24, 2.45) is 7.05 Å².